The van der Waals surface area contributed by atoms with E-state index in [1.54, 1.807) is 36.4 Å². The molecule has 0 bridgehead atoms. The number of carbonyl (C=O) groups is 1. The molecule has 58 valence electrons. The fourth-order valence-electron chi connectivity index (χ4n) is 0.697. The van der Waals surface area contributed by atoms with Crippen LogP contribution in [-0.4, -0.2) is 22.9 Å². The second-order valence-corrected chi connectivity index (χ2v) is 1.91. The fourth-order valence-corrected chi connectivity index (χ4v) is 0.697. The molecule has 11 heavy (non-hydrogen) atoms. The van der Waals surface area contributed by atoms with Gasteiger partial charge in [-0.15, -0.1) is 0 Å². The molecule has 0 fully saturated rings. The zero-order chi connectivity index (χ0) is 8.10. The molecule has 0 radical (unpaired) electrons. The van der Waals surface area contributed by atoms with Crippen LogP contribution in [0.15, 0.2) is 18.6 Å². The first-order valence-corrected chi connectivity index (χ1v) is 3.20. The standard InChI is InChI=1S/C7H9N3O/c1-8-2-4-10-5-3-9-7(10)6-11/h2-6,8H,1H3/b4-2-. The molecule has 4 nitrogen and oxygen atoms in total. The lowest BCUT2D eigenvalue weighted by Gasteiger charge is -1.92. The molecule has 0 unspecified atom stereocenters. The van der Waals surface area contributed by atoms with E-state index >= 15 is 0 Å². The maximum Gasteiger partial charge on any atom is 0.185 e. The monoisotopic (exact) mass is 151 g/mol. The van der Waals surface area contributed by atoms with Crippen LogP contribution < -0.4 is 5.32 Å². The highest BCUT2D eigenvalue weighted by Gasteiger charge is 1.94. The highest BCUT2D eigenvalue weighted by molar-refractivity contribution is 5.70. The zero-order valence-corrected chi connectivity index (χ0v) is 6.19. The highest BCUT2D eigenvalue weighted by atomic mass is 16.1. The molecule has 1 N–H and O–H groups in total. The van der Waals surface area contributed by atoms with Crippen LogP contribution in [0, 0.1) is 0 Å². The quantitative estimate of drug-likeness (QED) is 0.634. The van der Waals surface area contributed by atoms with Crippen LogP contribution in [0.5, 0.6) is 0 Å². The van der Waals surface area contributed by atoms with Gasteiger partial charge in [0.05, 0.1) is 0 Å². The Morgan fingerprint density at radius 2 is 2.55 bits per heavy atom. The summed E-state index contributed by atoms with van der Waals surface area (Å²) in [5.74, 6) is 0.400. The van der Waals surface area contributed by atoms with E-state index in [0.29, 0.717) is 12.1 Å². The third-order valence-corrected chi connectivity index (χ3v) is 1.21. The summed E-state index contributed by atoms with van der Waals surface area (Å²) in [7, 11) is 1.79. The summed E-state index contributed by atoms with van der Waals surface area (Å²) in [6.07, 6.45) is 7.42. The lowest BCUT2D eigenvalue weighted by molar-refractivity contribution is 0.111. The molecule has 1 heterocycles. The normalized spacial score (nSPS) is 10.3. The number of carbonyl (C=O) groups excluding carboxylic acids is 1. The Bertz CT molecular complexity index is 264. The Balaban J connectivity index is 2.84. The van der Waals surface area contributed by atoms with Crippen molar-refractivity contribution in [3.8, 4) is 0 Å². The lowest BCUT2D eigenvalue weighted by Crippen LogP contribution is -1.97. The molecule has 0 saturated carbocycles. The summed E-state index contributed by atoms with van der Waals surface area (Å²) < 4.78 is 1.63. The van der Waals surface area contributed by atoms with E-state index in [9.17, 15) is 4.79 Å². The zero-order valence-electron chi connectivity index (χ0n) is 6.19. The van der Waals surface area contributed by atoms with E-state index in [1.165, 1.54) is 0 Å². The van der Waals surface area contributed by atoms with Crippen molar-refractivity contribution in [1.29, 1.82) is 0 Å². The van der Waals surface area contributed by atoms with Gasteiger partial charge >= 0.3 is 0 Å². The average Bonchev–Trinajstić information content (AvgIpc) is 2.47. The third-order valence-electron chi connectivity index (χ3n) is 1.21. The first kappa shape index (κ1) is 7.53. The van der Waals surface area contributed by atoms with Gasteiger partial charge in [-0.25, -0.2) is 4.98 Å². The molecule has 0 amide bonds. The van der Waals surface area contributed by atoms with Crippen molar-refractivity contribution in [2.45, 2.75) is 0 Å². The predicted molar refractivity (Wildman–Crippen MR) is 42.0 cm³/mol. The van der Waals surface area contributed by atoms with E-state index in [-0.39, 0.29) is 0 Å². The van der Waals surface area contributed by atoms with Crippen molar-refractivity contribution in [1.82, 2.24) is 14.9 Å². The van der Waals surface area contributed by atoms with Crippen molar-refractivity contribution in [3.63, 3.8) is 0 Å². The molecule has 1 aromatic heterocycles. The number of rotatable bonds is 3. The molecule has 0 saturated heterocycles. The predicted octanol–water partition coefficient (Wildman–Crippen LogP) is 0.343. The minimum Gasteiger partial charge on any atom is -0.393 e. The Kier molecular flexibility index (Phi) is 2.43. The van der Waals surface area contributed by atoms with Crippen LogP contribution in [0.1, 0.15) is 10.6 Å². The number of hydrogen-bond donors (Lipinski definition) is 1. The molecule has 0 aliphatic heterocycles. The fraction of sp³-hybridized carbons (Fsp3) is 0.143. The lowest BCUT2D eigenvalue weighted by atomic mass is 10.6. The Morgan fingerprint density at radius 3 is 3.18 bits per heavy atom. The SMILES string of the molecule is CN/C=C\n1ccnc1C=O. The molecule has 0 aliphatic rings. The minimum atomic E-state index is 0.400. The van der Waals surface area contributed by atoms with E-state index < -0.39 is 0 Å². The van der Waals surface area contributed by atoms with Crippen molar-refractivity contribution in [2.75, 3.05) is 7.05 Å². The highest BCUT2D eigenvalue weighted by Crippen LogP contribution is 1.93. The van der Waals surface area contributed by atoms with Gasteiger partial charge in [0, 0.05) is 31.8 Å². The van der Waals surface area contributed by atoms with Gasteiger partial charge < -0.3 is 9.88 Å². The second-order valence-electron chi connectivity index (χ2n) is 1.91. The smallest absolute Gasteiger partial charge is 0.185 e. The summed E-state index contributed by atoms with van der Waals surface area (Å²) >= 11 is 0. The topological polar surface area (TPSA) is 46.9 Å². The van der Waals surface area contributed by atoms with Crippen LogP contribution in [0.2, 0.25) is 0 Å². The van der Waals surface area contributed by atoms with Crippen molar-refractivity contribution < 1.29 is 4.79 Å². The van der Waals surface area contributed by atoms with Gasteiger partial charge in [0.15, 0.2) is 12.1 Å². The maximum atomic E-state index is 10.3. The first-order chi connectivity index (χ1) is 5.38. The van der Waals surface area contributed by atoms with E-state index in [0.717, 1.165) is 0 Å². The second kappa shape index (κ2) is 3.55. The van der Waals surface area contributed by atoms with Crippen molar-refractivity contribution >= 4 is 12.5 Å². The average molecular weight is 151 g/mol. The van der Waals surface area contributed by atoms with Crippen LogP contribution in [0.25, 0.3) is 6.20 Å². The van der Waals surface area contributed by atoms with Crippen LogP contribution in [-0.2, 0) is 0 Å². The molecular weight excluding hydrogens is 142 g/mol. The molecule has 0 aromatic carbocycles. The van der Waals surface area contributed by atoms with Gasteiger partial charge in [0.1, 0.15) is 0 Å². The summed E-state index contributed by atoms with van der Waals surface area (Å²) in [4.78, 5) is 14.1. The largest absolute Gasteiger partial charge is 0.393 e. The maximum absolute atomic E-state index is 10.3. The molecule has 4 heteroatoms. The number of aldehydes is 1. The summed E-state index contributed by atoms with van der Waals surface area (Å²) in [5, 5.41) is 2.81. The molecule has 1 rings (SSSR count). The Morgan fingerprint density at radius 1 is 1.73 bits per heavy atom. The number of nitrogens with zero attached hydrogens (tertiary/aromatic N) is 2. The summed E-state index contributed by atoms with van der Waals surface area (Å²) in [6.45, 7) is 0. The number of aromatic nitrogens is 2. The number of imidazole rings is 1. The number of nitrogens with one attached hydrogen (secondary N) is 1. The molecular formula is C7H9N3O. The van der Waals surface area contributed by atoms with Crippen LogP contribution in [0.4, 0.5) is 0 Å². The molecule has 0 spiro atoms. The van der Waals surface area contributed by atoms with Crippen molar-refractivity contribution in [2.24, 2.45) is 0 Å². The number of hydrogen-bond acceptors (Lipinski definition) is 3. The van der Waals surface area contributed by atoms with Gasteiger partial charge in [-0.3, -0.25) is 4.79 Å². The Labute approximate surface area is 64.6 Å². The van der Waals surface area contributed by atoms with Crippen LogP contribution >= 0.6 is 0 Å². The van der Waals surface area contributed by atoms with Crippen molar-refractivity contribution in [3.05, 3.63) is 24.4 Å². The van der Waals surface area contributed by atoms with Crippen LogP contribution in [0.3, 0.4) is 0 Å². The van der Waals surface area contributed by atoms with E-state index in [4.69, 9.17) is 0 Å². The van der Waals surface area contributed by atoms with E-state index in [1.807, 2.05) is 0 Å². The Hall–Kier alpha value is -1.58. The minimum absolute atomic E-state index is 0.400. The summed E-state index contributed by atoms with van der Waals surface area (Å²) in [5.41, 5.74) is 0. The van der Waals surface area contributed by atoms with Gasteiger partial charge in [-0.2, -0.15) is 0 Å². The third kappa shape index (κ3) is 1.67. The van der Waals surface area contributed by atoms with Gasteiger partial charge in [0.25, 0.3) is 0 Å². The van der Waals surface area contributed by atoms with E-state index in [2.05, 4.69) is 10.3 Å². The molecule has 0 aliphatic carbocycles. The van der Waals surface area contributed by atoms with Gasteiger partial charge in [-0.1, -0.05) is 0 Å². The molecule has 0 atom stereocenters. The first-order valence-electron chi connectivity index (χ1n) is 3.20. The van der Waals surface area contributed by atoms with Gasteiger partial charge in [-0.05, 0) is 0 Å². The van der Waals surface area contributed by atoms with Gasteiger partial charge in [0.2, 0.25) is 0 Å². The molecule has 1 aromatic rings. The summed E-state index contributed by atoms with van der Waals surface area (Å²) in [6, 6.07) is 0.